The largest absolute Gasteiger partial charge is 0.492 e. The van der Waals surface area contributed by atoms with Gasteiger partial charge < -0.3 is 10.1 Å². The lowest BCUT2D eigenvalue weighted by molar-refractivity contribution is 0.294. The van der Waals surface area contributed by atoms with Gasteiger partial charge in [-0.3, -0.25) is 0 Å². The zero-order chi connectivity index (χ0) is 11.4. The Morgan fingerprint density at radius 3 is 2.94 bits per heavy atom. The number of para-hydroxylation sites is 1. The molecule has 1 aliphatic carbocycles. The van der Waals surface area contributed by atoms with E-state index in [1.165, 1.54) is 18.4 Å². The normalized spacial score (nSPS) is 15.1. The monoisotopic (exact) mass is 283 g/mol. The summed E-state index contributed by atoms with van der Waals surface area (Å²) in [6, 6.07) is 6.22. The highest BCUT2D eigenvalue weighted by molar-refractivity contribution is 9.10. The number of benzene rings is 1. The summed E-state index contributed by atoms with van der Waals surface area (Å²) in [7, 11) is 0. The summed E-state index contributed by atoms with van der Waals surface area (Å²) in [6.07, 6.45) is 2.65. The maximum absolute atomic E-state index is 5.90. The Balaban J connectivity index is 2.04. The highest BCUT2D eigenvalue weighted by Crippen LogP contribution is 2.33. The Kier molecular flexibility index (Phi) is 4.24. The van der Waals surface area contributed by atoms with Gasteiger partial charge in [0.15, 0.2) is 0 Å². The molecule has 0 radical (unpaired) electrons. The first-order valence-corrected chi connectivity index (χ1v) is 6.71. The lowest BCUT2D eigenvalue weighted by Crippen LogP contribution is -2.13. The van der Waals surface area contributed by atoms with E-state index in [0.29, 0.717) is 0 Å². The molecule has 0 saturated heterocycles. The van der Waals surface area contributed by atoms with E-state index < -0.39 is 0 Å². The van der Waals surface area contributed by atoms with Gasteiger partial charge in [-0.15, -0.1) is 0 Å². The summed E-state index contributed by atoms with van der Waals surface area (Å²) in [5.41, 5.74) is 1.23. The Morgan fingerprint density at radius 1 is 1.44 bits per heavy atom. The fraction of sp³-hybridized carbons (Fsp3) is 0.538. The second-order valence-electron chi connectivity index (χ2n) is 4.26. The van der Waals surface area contributed by atoms with Crippen molar-refractivity contribution < 1.29 is 4.74 Å². The summed E-state index contributed by atoms with van der Waals surface area (Å²) in [6.45, 7) is 4.83. The molecule has 0 amide bonds. The van der Waals surface area contributed by atoms with E-state index in [9.17, 15) is 0 Å². The van der Waals surface area contributed by atoms with Gasteiger partial charge in [-0.2, -0.15) is 0 Å². The summed E-state index contributed by atoms with van der Waals surface area (Å²) >= 11 is 3.56. The topological polar surface area (TPSA) is 21.3 Å². The van der Waals surface area contributed by atoms with Crippen LogP contribution in [0.15, 0.2) is 22.7 Å². The van der Waals surface area contributed by atoms with Crippen molar-refractivity contribution in [1.29, 1.82) is 0 Å². The van der Waals surface area contributed by atoms with Crippen LogP contribution in [0.1, 0.15) is 25.3 Å². The number of nitrogens with one attached hydrogen (secondary N) is 1. The molecule has 3 heteroatoms. The molecular formula is C13H18BrNO. The molecule has 1 saturated carbocycles. The Bertz CT molecular complexity index is 350. The quantitative estimate of drug-likeness (QED) is 0.865. The Hall–Kier alpha value is -0.540. The lowest BCUT2D eigenvalue weighted by atomic mass is 10.2. The van der Waals surface area contributed by atoms with E-state index in [2.05, 4.69) is 40.3 Å². The minimum Gasteiger partial charge on any atom is -0.492 e. The number of halogens is 1. The van der Waals surface area contributed by atoms with Crippen molar-refractivity contribution in [2.75, 3.05) is 13.2 Å². The molecule has 2 rings (SSSR count). The van der Waals surface area contributed by atoms with Crippen molar-refractivity contribution in [1.82, 2.24) is 5.32 Å². The molecule has 1 N–H and O–H groups in total. The van der Waals surface area contributed by atoms with Gasteiger partial charge in [0.2, 0.25) is 0 Å². The van der Waals surface area contributed by atoms with E-state index in [1.54, 1.807) is 0 Å². The lowest BCUT2D eigenvalue weighted by Gasteiger charge is -2.13. The molecule has 2 nitrogen and oxygen atoms in total. The number of ether oxygens (including phenoxy) is 1. The first-order valence-electron chi connectivity index (χ1n) is 5.92. The summed E-state index contributed by atoms with van der Waals surface area (Å²) < 4.78 is 6.96. The molecule has 1 aliphatic rings. The van der Waals surface area contributed by atoms with Gasteiger partial charge in [0.05, 0.1) is 11.1 Å². The highest BCUT2D eigenvalue weighted by atomic mass is 79.9. The summed E-state index contributed by atoms with van der Waals surface area (Å²) in [4.78, 5) is 0. The van der Waals surface area contributed by atoms with Crippen LogP contribution >= 0.6 is 15.9 Å². The van der Waals surface area contributed by atoms with Gasteiger partial charge in [0.25, 0.3) is 0 Å². The third-order valence-corrected chi connectivity index (χ3v) is 3.40. The molecule has 0 unspecified atom stereocenters. The predicted octanol–water partition coefficient (Wildman–Crippen LogP) is 3.35. The van der Waals surface area contributed by atoms with Crippen LogP contribution in [0.5, 0.6) is 5.75 Å². The predicted molar refractivity (Wildman–Crippen MR) is 69.7 cm³/mol. The Labute approximate surface area is 106 Å². The van der Waals surface area contributed by atoms with Gasteiger partial charge in [-0.1, -0.05) is 19.1 Å². The fourth-order valence-electron chi connectivity index (χ4n) is 1.60. The molecule has 0 atom stereocenters. The number of hydrogen-bond donors (Lipinski definition) is 1. The summed E-state index contributed by atoms with van der Waals surface area (Å²) in [5, 5.41) is 3.33. The van der Waals surface area contributed by atoms with E-state index in [0.717, 1.165) is 35.8 Å². The molecule has 16 heavy (non-hydrogen) atoms. The van der Waals surface area contributed by atoms with Gasteiger partial charge >= 0.3 is 0 Å². The molecule has 0 bridgehead atoms. The van der Waals surface area contributed by atoms with E-state index >= 15 is 0 Å². The minimum absolute atomic E-state index is 0.791. The first kappa shape index (κ1) is 11.9. The van der Waals surface area contributed by atoms with Crippen LogP contribution in [0, 0.1) is 5.92 Å². The molecule has 0 aliphatic heterocycles. The second kappa shape index (κ2) is 5.69. The second-order valence-corrected chi connectivity index (χ2v) is 5.12. The molecule has 88 valence electrons. The average molecular weight is 284 g/mol. The molecule has 0 aromatic heterocycles. The number of rotatable bonds is 6. The van der Waals surface area contributed by atoms with Crippen molar-refractivity contribution in [3.8, 4) is 5.75 Å². The van der Waals surface area contributed by atoms with Gasteiger partial charge in [-0.25, -0.2) is 0 Å². The molecule has 0 heterocycles. The zero-order valence-electron chi connectivity index (χ0n) is 9.63. The van der Waals surface area contributed by atoms with Gasteiger partial charge in [0, 0.05) is 12.1 Å². The zero-order valence-corrected chi connectivity index (χ0v) is 11.2. The van der Waals surface area contributed by atoms with Gasteiger partial charge in [-0.05, 0) is 47.3 Å². The van der Waals surface area contributed by atoms with E-state index in [4.69, 9.17) is 4.74 Å². The van der Waals surface area contributed by atoms with Crippen LogP contribution in [0.3, 0.4) is 0 Å². The molecular weight excluding hydrogens is 266 g/mol. The third kappa shape index (κ3) is 3.22. The minimum atomic E-state index is 0.791. The van der Waals surface area contributed by atoms with Crippen molar-refractivity contribution in [3.05, 3.63) is 28.2 Å². The van der Waals surface area contributed by atoms with Crippen LogP contribution in [-0.2, 0) is 6.54 Å². The molecule has 1 fully saturated rings. The maximum Gasteiger partial charge on any atom is 0.137 e. The number of hydrogen-bond acceptors (Lipinski definition) is 2. The van der Waals surface area contributed by atoms with Crippen molar-refractivity contribution in [2.24, 2.45) is 5.92 Å². The smallest absolute Gasteiger partial charge is 0.137 e. The molecule has 1 aromatic carbocycles. The van der Waals surface area contributed by atoms with Crippen LogP contribution in [-0.4, -0.2) is 13.2 Å². The van der Waals surface area contributed by atoms with Crippen LogP contribution in [0.2, 0.25) is 0 Å². The van der Waals surface area contributed by atoms with Crippen molar-refractivity contribution in [3.63, 3.8) is 0 Å². The average Bonchev–Trinajstić information content (AvgIpc) is 3.09. The maximum atomic E-state index is 5.90. The third-order valence-electron chi connectivity index (χ3n) is 2.77. The Morgan fingerprint density at radius 2 is 2.25 bits per heavy atom. The fourth-order valence-corrected chi connectivity index (χ4v) is 2.12. The van der Waals surface area contributed by atoms with Crippen molar-refractivity contribution in [2.45, 2.75) is 26.3 Å². The van der Waals surface area contributed by atoms with Crippen LogP contribution in [0.4, 0.5) is 0 Å². The standard InChI is InChI=1S/C13H18BrNO/c1-2-15-8-11-4-3-5-12(14)13(11)16-9-10-6-7-10/h3-5,10,15H,2,6-9H2,1H3. The van der Waals surface area contributed by atoms with Crippen LogP contribution < -0.4 is 10.1 Å². The van der Waals surface area contributed by atoms with E-state index in [-0.39, 0.29) is 0 Å². The molecule has 1 aromatic rings. The SMILES string of the molecule is CCNCc1cccc(Br)c1OCC1CC1. The highest BCUT2D eigenvalue weighted by Gasteiger charge is 2.22. The van der Waals surface area contributed by atoms with Gasteiger partial charge in [0.1, 0.15) is 5.75 Å². The van der Waals surface area contributed by atoms with Crippen LogP contribution in [0.25, 0.3) is 0 Å². The van der Waals surface area contributed by atoms with E-state index in [1.807, 2.05) is 6.07 Å². The van der Waals surface area contributed by atoms with Crippen molar-refractivity contribution >= 4 is 15.9 Å². The molecule has 0 spiro atoms. The first-order chi connectivity index (χ1) is 7.81. The summed E-state index contributed by atoms with van der Waals surface area (Å²) in [5.74, 6) is 1.80.